The minimum atomic E-state index is -0.185. The van der Waals surface area contributed by atoms with Crippen LogP contribution < -0.4 is 16.6 Å². The van der Waals surface area contributed by atoms with E-state index in [0.29, 0.717) is 17.4 Å². The first kappa shape index (κ1) is 10.8. The van der Waals surface area contributed by atoms with E-state index in [-0.39, 0.29) is 5.91 Å². The molecule has 6 heteroatoms. The predicted octanol–water partition coefficient (Wildman–Crippen LogP) is 0.148. The highest BCUT2D eigenvalue weighted by Crippen LogP contribution is 2.36. The van der Waals surface area contributed by atoms with E-state index in [2.05, 4.69) is 27.9 Å². The molecular weight excluding hydrogens is 206 g/mol. The molecule has 86 valence electrons. The third-order valence-corrected chi connectivity index (χ3v) is 2.85. The summed E-state index contributed by atoms with van der Waals surface area (Å²) >= 11 is 0. The summed E-state index contributed by atoms with van der Waals surface area (Å²) in [6.07, 6.45) is 1.20. The van der Waals surface area contributed by atoms with Gasteiger partial charge in [-0.15, -0.1) is 10.2 Å². The van der Waals surface area contributed by atoms with Gasteiger partial charge in [0.25, 0.3) is 5.91 Å². The summed E-state index contributed by atoms with van der Waals surface area (Å²) in [5, 5.41) is 10.3. The molecule has 0 aromatic carbocycles. The second kappa shape index (κ2) is 4.44. The molecule has 1 aliphatic rings. The molecule has 0 spiro atoms. The number of rotatable bonds is 4. The lowest BCUT2D eigenvalue weighted by Crippen LogP contribution is -2.27. The number of nitrogens with zero attached hydrogens (tertiary/aromatic N) is 2. The van der Waals surface area contributed by atoms with Crippen molar-refractivity contribution in [3.05, 3.63) is 17.8 Å². The van der Waals surface area contributed by atoms with Crippen LogP contribution in [0.4, 0.5) is 5.82 Å². The summed E-state index contributed by atoms with van der Waals surface area (Å²) in [6.45, 7) is 2.90. The third kappa shape index (κ3) is 2.46. The molecule has 0 radical (unpaired) electrons. The molecule has 0 aliphatic heterocycles. The lowest BCUT2D eigenvalue weighted by Gasteiger charge is -2.03. The van der Waals surface area contributed by atoms with Crippen LogP contribution >= 0.6 is 0 Å². The highest BCUT2D eigenvalue weighted by atomic mass is 16.1. The molecule has 4 N–H and O–H groups in total. The van der Waals surface area contributed by atoms with Gasteiger partial charge in [0.2, 0.25) is 0 Å². The number of nitrogens with one attached hydrogen (secondary N) is 2. The molecule has 1 aromatic heterocycles. The second-order valence-electron chi connectivity index (χ2n) is 4.13. The average Bonchev–Trinajstić information content (AvgIpc) is 3.02. The van der Waals surface area contributed by atoms with Gasteiger partial charge in [0.05, 0.1) is 0 Å². The quantitative estimate of drug-likeness (QED) is 0.497. The lowest BCUT2D eigenvalue weighted by atomic mass is 10.3. The summed E-state index contributed by atoms with van der Waals surface area (Å²) in [5.74, 6) is 6.76. The number of amides is 1. The van der Waals surface area contributed by atoms with Crippen molar-refractivity contribution in [1.82, 2.24) is 15.5 Å². The number of hydrogen-bond donors (Lipinski definition) is 3. The van der Waals surface area contributed by atoms with Crippen LogP contribution in [0, 0.1) is 11.8 Å². The molecule has 2 rings (SSSR count). The zero-order chi connectivity index (χ0) is 11.5. The van der Waals surface area contributed by atoms with Crippen molar-refractivity contribution < 1.29 is 4.79 Å². The number of nitrogens with two attached hydrogens (primary N) is 1. The van der Waals surface area contributed by atoms with Crippen molar-refractivity contribution in [2.45, 2.75) is 13.3 Å². The van der Waals surface area contributed by atoms with Crippen molar-refractivity contribution in [1.29, 1.82) is 0 Å². The first-order valence-electron chi connectivity index (χ1n) is 5.29. The number of anilines is 1. The molecule has 1 aromatic rings. The van der Waals surface area contributed by atoms with Gasteiger partial charge in [-0.1, -0.05) is 6.92 Å². The Morgan fingerprint density at radius 3 is 2.81 bits per heavy atom. The molecule has 2 atom stereocenters. The predicted molar refractivity (Wildman–Crippen MR) is 59.4 cm³/mol. The average molecular weight is 221 g/mol. The number of aromatic nitrogens is 2. The molecule has 1 fully saturated rings. The fraction of sp³-hybridized carbons (Fsp3) is 0.500. The summed E-state index contributed by atoms with van der Waals surface area (Å²) < 4.78 is 0. The van der Waals surface area contributed by atoms with Crippen molar-refractivity contribution in [3.8, 4) is 0 Å². The minimum absolute atomic E-state index is 0.185. The Bertz CT molecular complexity index is 377. The SMILES string of the molecule is CC1CC1CNC(=O)c1ccc(NN)nn1. The Morgan fingerprint density at radius 2 is 2.31 bits per heavy atom. The van der Waals surface area contributed by atoms with Crippen molar-refractivity contribution >= 4 is 11.7 Å². The lowest BCUT2D eigenvalue weighted by molar-refractivity contribution is 0.0945. The maximum absolute atomic E-state index is 11.6. The Balaban J connectivity index is 1.87. The molecule has 16 heavy (non-hydrogen) atoms. The molecule has 1 amide bonds. The number of hydrogen-bond acceptors (Lipinski definition) is 5. The van der Waals surface area contributed by atoms with Crippen LogP contribution in [0.2, 0.25) is 0 Å². The maximum atomic E-state index is 11.6. The van der Waals surface area contributed by atoms with Crippen LogP contribution in [0.1, 0.15) is 23.8 Å². The maximum Gasteiger partial charge on any atom is 0.271 e. The minimum Gasteiger partial charge on any atom is -0.350 e. The largest absolute Gasteiger partial charge is 0.350 e. The van der Waals surface area contributed by atoms with Gasteiger partial charge in [-0.05, 0) is 30.4 Å². The highest BCUT2D eigenvalue weighted by molar-refractivity contribution is 5.92. The first-order chi connectivity index (χ1) is 7.70. The van der Waals surface area contributed by atoms with Crippen molar-refractivity contribution in [2.75, 3.05) is 12.0 Å². The van der Waals surface area contributed by atoms with E-state index in [1.807, 2.05) is 0 Å². The topological polar surface area (TPSA) is 92.9 Å². The van der Waals surface area contributed by atoms with E-state index < -0.39 is 0 Å². The van der Waals surface area contributed by atoms with Gasteiger partial charge in [-0.2, -0.15) is 0 Å². The number of nitrogen functional groups attached to an aromatic ring is 1. The van der Waals surface area contributed by atoms with Crippen LogP contribution in [0.25, 0.3) is 0 Å². The monoisotopic (exact) mass is 221 g/mol. The van der Waals surface area contributed by atoms with E-state index in [1.54, 1.807) is 12.1 Å². The van der Waals surface area contributed by atoms with Crippen LogP contribution in [0.3, 0.4) is 0 Å². The summed E-state index contributed by atoms with van der Waals surface area (Å²) in [7, 11) is 0. The smallest absolute Gasteiger partial charge is 0.271 e. The molecule has 2 unspecified atom stereocenters. The van der Waals surface area contributed by atoms with E-state index in [0.717, 1.165) is 12.5 Å². The number of carbonyl (C=O) groups excluding carboxylic acids is 1. The summed E-state index contributed by atoms with van der Waals surface area (Å²) in [4.78, 5) is 11.6. The van der Waals surface area contributed by atoms with E-state index >= 15 is 0 Å². The van der Waals surface area contributed by atoms with Crippen LogP contribution in [0.15, 0.2) is 12.1 Å². The van der Waals surface area contributed by atoms with E-state index in [1.165, 1.54) is 6.42 Å². The Morgan fingerprint density at radius 1 is 1.56 bits per heavy atom. The van der Waals surface area contributed by atoms with Gasteiger partial charge in [0.15, 0.2) is 11.5 Å². The van der Waals surface area contributed by atoms with Gasteiger partial charge in [0, 0.05) is 6.54 Å². The van der Waals surface area contributed by atoms with E-state index in [9.17, 15) is 4.79 Å². The van der Waals surface area contributed by atoms with Crippen LogP contribution in [-0.4, -0.2) is 22.6 Å². The molecule has 1 heterocycles. The molecule has 0 bridgehead atoms. The molecule has 1 aliphatic carbocycles. The van der Waals surface area contributed by atoms with Gasteiger partial charge < -0.3 is 10.7 Å². The molecular formula is C10H15N5O. The fourth-order valence-electron chi connectivity index (χ4n) is 1.53. The van der Waals surface area contributed by atoms with Crippen LogP contribution in [-0.2, 0) is 0 Å². The Labute approximate surface area is 93.6 Å². The van der Waals surface area contributed by atoms with Crippen molar-refractivity contribution in [2.24, 2.45) is 17.7 Å². The normalized spacial score (nSPS) is 22.6. The highest BCUT2D eigenvalue weighted by Gasteiger charge is 2.32. The van der Waals surface area contributed by atoms with Gasteiger partial charge in [0.1, 0.15) is 0 Å². The fourth-order valence-corrected chi connectivity index (χ4v) is 1.53. The zero-order valence-electron chi connectivity index (χ0n) is 9.10. The second-order valence-corrected chi connectivity index (χ2v) is 4.13. The Hall–Kier alpha value is -1.69. The third-order valence-electron chi connectivity index (χ3n) is 2.85. The van der Waals surface area contributed by atoms with Gasteiger partial charge in [-0.25, -0.2) is 5.84 Å². The number of hydrazine groups is 1. The zero-order valence-corrected chi connectivity index (χ0v) is 9.10. The molecule has 0 saturated heterocycles. The summed E-state index contributed by atoms with van der Waals surface area (Å²) in [5.41, 5.74) is 2.67. The molecule has 6 nitrogen and oxygen atoms in total. The van der Waals surface area contributed by atoms with E-state index in [4.69, 9.17) is 5.84 Å². The van der Waals surface area contributed by atoms with Gasteiger partial charge >= 0.3 is 0 Å². The number of carbonyl (C=O) groups is 1. The van der Waals surface area contributed by atoms with Crippen molar-refractivity contribution in [3.63, 3.8) is 0 Å². The molecule has 1 saturated carbocycles. The standard InChI is InChI=1S/C10H15N5O/c1-6-4-7(6)5-12-10(16)8-2-3-9(13-11)15-14-8/h2-3,6-7H,4-5,11H2,1H3,(H,12,16)(H,13,15). The van der Waals surface area contributed by atoms with Gasteiger partial charge in [-0.3, -0.25) is 4.79 Å². The summed E-state index contributed by atoms with van der Waals surface area (Å²) in [6, 6.07) is 3.20. The van der Waals surface area contributed by atoms with Crippen LogP contribution in [0.5, 0.6) is 0 Å². The Kier molecular flexibility index (Phi) is 3.00. The first-order valence-corrected chi connectivity index (χ1v) is 5.29.